The lowest BCUT2D eigenvalue weighted by molar-refractivity contribution is -0.251. The van der Waals surface area contributed by atoms with E-state index < -0.39 is 0 Å². The molecule has 0 aromatic heterocycles. The zero-order chi connectivity index (χ0) is 16.3. The van der Waals surface area contributed by atoms with E-state index in [0.29, 0.717) is 31.7 Å². The molecule has 0 spiro atoms. The summed E-state index contributed by atoms with van der Waals surface area (Å²) in [5.41, 5.74) is -0.605. The van der Waals surface area contributed by atoms with Crippen LogP contribution < -0.4 is 5.32 Å². The van der Waals surface area contributed by atoms with E-state index in [2.05, 4.69) is 5.32 Å². The van der Waals surface area contributed by atoms with Crippen LogP contribution in [0.25, 0.3) is 0 Å². The third kappa shape index (κ3) is 5.40. The van der Waals surface area contributed by atoms with E-state index in [1.54, 1.807) is 0 Å². The summed E-state index contributed by atoms with van der Waals surface area (Å²) in [6.07, 6.45) is 3.43. The molecule has 0 aromatic carbocycles. The molecule has 1 amide bonds. The van der Waals surface area contributed by atoms with Gasteiger partial charge in [-0.05, 0) is 52.9 Å². The van der Waals surface area contributed by atoms with Gasteiger partial charge in [0.25, 0.3) is 0 Å². The van der Waals surface area contributed by atoms with E-state index in [1.165, 1.54) is 12.0 Å². The summed E-state index contributed by atoms with van der Waals surface area (Å²) < 4.78 is 0. The van der Waals surface area contributed by atoms with Gasteiger partial charge in [-0.3, -0.25) is 9.59 Å². The average Bonchev–Trinajstić information content (AvgIpc) is 2.30. The summed E-state index contributed by atoms with van der Waals surface area (Å²) in [4.78, 5) is 22.8. The minimum atomic E-state index is -0.303. The highest BCUT2D eigenvalue weighted by Gasteiger charge is 2.45. The molecule has 1 fully saturated rings. The zero-order valence-electron chi connectivity index (χ0n) is 14.0. The van der Waals surface area contributed by atoms with Crippen molar-refractivity contribution in [3.05, 3.63) is 0 Å². The number of hydroxylamine groups is 2. The number of ketones is 1. The number of hydrogen-bond acceptors (Lipinski definition) is 4. The van der Waals surface area contributed by atoms with Gasteiger partial charge in [0.2, 0.25) is 5.91 Å². The lowest BCUT2D eigenvalue weighted by Crippen LogP contribution is -2.59. The van der Waals surface area contributed by atoms with Gasteiger partial charge in [-0.15, -0.1) is 0 Å². The maximum atomic E-state index is 12.1. The highest BCUT2D eigenvalue weighted by atomic mass is 16.5. The third-order valence-electron chi connectivity index (χ3n) is 4.25. The summed E-state index contributed by atoms with van der Waals surface area (Å²) in [6, 6.07) is 0. The maximum Gasteiger partial charge on any atom is 0.216 e. The summed E-state index contributed by atoms with van der Waals surface area (Å²) in [6.45, 7) is 10.1. The van der Waals surface area contributed by atoms with E-state index in [4.69, 9.17) is 0 Å². The van der Waals surface area contributed by atoms with Crippen molar-refractivity contribution in [3.8, 4) is 0 Å². The first-order valence-electron chi connectivity index (χ1n) is 7.80. The molecule has 1 aliphatic heterocycles. The van der Waals surface area contributed by atoms with Crippen molar-refractivity contribution in [2.24, 2.45) is 5.92 Å². The van der Waals surface area contributed by atoms with E-state index >= 15 is 0 Å². The Hall–Kier alpha value is -0.940. The smallest absolute Gasteiger partial charge is 0.216 e. The predicted octanol–water partition coefficient (Wildman–Crippen LogP) is 2.52. The van der Waals surface area contributed by atoms with Gasteiger partial charge < -0.3 is 10.5 Å². The summed E-state index contributed by atoms with van der Waals surface area (Å²) >= 11 is 0. The molecule has 0 radical (unpaired) electrons. The van der Waals surface area contributed by atoms with Crippen LogP contribution in [0.15, 0.2) is 0 Å². The molecule has 1 saturated heterocycles. The molecule has 0 bridgehead atoms. The number of piperidine rings is 1. The van der Waals surface area contributed by atoms with Gasteiger partial charge in [0.05, 0.1) is 0 Å². The van der Waals surface area contributed by atoms with Gasteiger partial charge in [-0.2, -0.15) is 5.06 Å². The van der Waals surface area contributed by atoms with E-state index in [0.717, 1.165) is 12.8 Å². The molecular weight excluding hydrogens is 268 g/mol. The fourth-order valence-electron chi connectivity index (χ4n) is 3.60. The Morgan fingerprint density at radius 1 is 1.19 bits per heavy atom. The van der Waals surface area contributed by atoms with Gasteiger partial charge in [0.1, 0.15) is 5.78 Å². The monoisotopic (exact) mass is 298 g/mol. The van der Waals surface area contributed by atoms with Gasteiger partial charge in [0, 0.05) is 37.4 Å². The number of Topliss-reactive ketones (excluding diaryl/α,β-unsaturated/α-hetero) is 1. The second-order valence-corrected chi connectivity index (χ2v) is 7.54. The minimum absolute atomic E-state index is 0.0544. The van der Waals surface area contributed by atoms with Gasteiger partial charge >= 0.3 is 0 Å². The van der Waals surface area contributed by atoms with Crippen LogP contribution in [0.1, 0.15) is 66.7 Å². The van der Waals surface area contributed by atoms with Crippen LogP contribution in [0, 0.1) is 5.92 Å². The molecule has 0 saturated carbocycles. The van der Waals surface area contributed by atoms with Crippen LogP contribution in [0.3, 0.4) is 0 Å². The van der Waals surface area contributed by atoms with Gasteiger partial charge in [-0.25, -0.2) is 0 Å². The second kappa shape index (κ2) is 6.88. The first-order chi connectivity index (χ1) is 9.54. The van der Waals surface area contributed by atoms with Crippen LogP contribution in [0.4, 0.5) is 0 Å². The lowest BCUT2D eigenvalue weighted by atomic mass is 9.73. The Balaban J connectivity index is 2.44. The number of hydrogen-bond donors (Lipinski definition) is 2. The normalized spacial score (nSPS) is 22.0. The number of nitrogens with zero attached hydrogens (tertiary/aromatic N) is 1. The highest BCUT2D eigenvalue weighted by Crippen LogP contribution is 2.41. The van der Waals surface area contributed by atoms with Crippen molar-refractivity contribution in [3.63, 3.8) is 0 Å². The van der Waals surface area contributed by atoms with Crippen molar-refractivity contribution in [1.82, 2.24) is 10.4 Å². The summed E-state index contributed by atoms with van der Waals surface area (Å²) in [5, 5.41) is 14.4. The molecule has 1 heterocycles. The van der Waals surface area contributed by atoms with Crippen LogP contribution in [0.5, 0.6) is 0 Å². The molecule has 122 valence electrons. The van der Waals surface area contributed by atoms with Crippen molar-refractivity contribution < 1.29 is 14.8 Å². The molecule has 5 heteroatoms. The Morgan fingerprint density at radius 2 is 1.71 bits per heavy atom. The topological polar surface area (TPSA) is 69.6 Å². The predicted molar refractivity (Wildman–Crippen MR) is 82.0 cm³/mol. The quantitative estimate of drug-likeness (QED) is 0.739. The number of nitrogens with one attached hydrogen (secondary N) is 1. The number of rotatable bonds is 6. The molecule has 1 aliphatic rings. The van der Waals surface area contributed by atoms with Crippen molar-refractivity contribution in [2.75, 3.05) is 6.54 Å². The summed E-state index contributed by atoms with van der Waals surface area (Å²) in [7, 11) is 0. The van der Waals surface area contributed by atoms with Crippen LogP contribution in [0.2, 0.25) is 0 Å². The van der Waals surface area contributed by atoms with Crippen molar-refractivity contribution in [1.29, 1.82) is 0 Å². The van der Waals surface area contributed by atoms with Gasteiger partial charge in [-0.1, -0.05) is 0 Å². The van der Waals surface area contributed by atoms with Crippen LogP contribution in [-0.4, -0.2) is 39.6 Å². The Morgan fingerprint density at radius 3 is 2.19 bits per heavy atom. The number of carbonyl (C=O) groups is 2. The lowest BCUT2D eigenvalue weighted by Gasteiger charge is -2.51. The van der Waals surface area contributed by atoms with Gasteiger partial charge in [0.15, 0.2) is 0 Å². The summed E-state index contributed by atoms with van der Waals surface area (Å²) in [5.74, 6) is 0.510. The van der Waals surface area contributed by atoms with Crippen molar-refractivity contribution in [2.45, 2.75) is 77.8 Å². The number of amides is 1. The Bertz CT molecular complexity index is 373. The molecule has 0 atom stereocenters. The highest BCUT2D eigenvalue weighted by molar-refractivity contribution is 5.78. The van der Waals surface area contributed by atoms with E-state index in [9.17, 15) is 14.8 Å². The SMILES string of the molecule is CC(=O)NCCCC(=O)CC1CC(C)(C)N(O)C(C)(C)C1. The first kappa shape index (κ1) is 18.1. The molecule has 1 rings (SSSR count). The first-order valence-corrected chi connectivity index (χ1v) is 7.80. The standard InChI is InChI=1S/C16H30N2O3/c1-12(19)17-8-6-7-14(20)9-13-10-15(2,3)18(21)16(4,5)11-13/h13,21H,6-11H2,1-5H3,(H,17,19). The van der Waals surface area contributed by atoms with E-state index in [1.807, 2.05) is 27.7 Å². The average molecular weight is 298 g/mol. The van der Waals surface area contributed by atoms with Crippen molar-refractivity contribution >= 4 is 11.7 Å². The fourth-order valence-corrected chi connectivity index (χ4v) is 3.60. The molecule has 0 aliphatic carbocycles. The number of carbonyl (C=O) groups excluding carboxylic acids is 2. The fraction of sp³-hybridized carbons (Fsp3) is 0.875. The van der Waals surface area contributed by atoms with E-state index in [-0.39, 0.29) is 22.8 Å². The van der Waals surface area contributed by atoms with Crippen LogP contribution >= 0.6 is 0 Å². The molecule has 2 N–H and O–H groups in total. The largest absolute Gasteiger partial charge is 0.356 e. The zero-order valence-corrected chi connectivity index (χ0v) is 14.0. The van der Waals surface area contributed by atoms with Crippen LogP contribution in [-0.2, 0) is 9.59 Å². The minimum Gasteiger partial charge on any atom is -0.356 e. The molecule has 21 heavy (non-hydrogen) atoms. The Kier molecular flexibility index (Phi) is 5.93. The molecular formula is C16H30N2O3. The molecule has 5 nitrogen and oxygen atoms in total. The maximum absolute atomic E-state index is 12.1. The third-order valence-corrected chi connectivity index (χ3v) is 4.25. The Labute approximate surface area is 128 Å². The second-order valence-electron chi connectivity index (χ2n) is 7.54. The molecule has 0 aromatic rings. The molecule has 0 unspecified atom stereocenters.